The van der Waals surface area contributed by atoms with Crippen LogP contribution in [0.25, 0.3) is 0 Å². The van der Waals surface area contributed by atoms with Crippen molar-refractivity contribution >= 4 is 0 Å². The van der Waals surface area contributed by atoms with Gasteiger partial charge in [-0.3, -0.25) is 4.90 Å². The number of hydrogen-bond donors (Lipinski definition) is 3. The topological polar surface area (TPSA) is 65.0 Å². The second kappa shape index (κ2) is 9.69. The van der Waals surface area contributed by atoms with E-state index < -0.39 is 0 Å². The van der Waals surface area contributed by atoms with Gasteiger partial charge in [0.15, 0.2) is 0 Å². The summed E-state index contributed by atoms with van der Waals surface area (Å²) in [7, 11) is 0. The van der Waals surface area contributed by atoms with Crippen LogP contribution in [-0.2, 0) is 4.74 Å². The van der Waals surface area contributed by atoms with Crippen LogP contribution in [0.2, 0.25) is 0 Å². The van der Waals surface area contributed by atoms with Gasteiger partial charge in [-0.15, -0.1) is 0 Å². The highest BCUT2D eigenvalue weighted by Gasteiger charge is 2.26. The van der Waals surface area contributed by atoms with E-state index in [1.165, 1.54) is 0 Å². The molecule has 1 aliphatic heterocycles. The molecule has 0 saturated carbocycles. The lowest BCUT2D eigenvalue weighted by Crippen LogP contribution is -2.48. The first-order chi connectivity index (χ1) is 8.81. The summed E-state index contributed by atoms with van der Waals surface area (Å²) in [6, 6.07) is 0.499. The van der Waals surface area contributed by atoms with Crippen LogP contribution in [0.4, 0.5) is 0 Å². The Morgan fingerprint density at radius 3 is 2.61 bits per heavy atom. The molecule has 1 rings (SSSR count). The first-order valence-electron chi connectivity index (χ1n) is 7.07. The van der Waals surface area contributed by atoms with E-state index in [2.05, 4.69) is 17.1 Å². The quantitative estimate of drug-likeness (QED) is 0.530. The van der Waals surface area contributed by atoms with E-state index in [4.69, 9.17) is 14.9 Å². The maximum Gasteiger partial charge on any atom is 0.0558 e. The highest BCUT2D eigenvalue weighted by atomic mass is 16.5. The minimum atomic E-state index is 0.140. The van der Waals surface area contributed by atoms with Crippen LogP contribution in [0, 0.1) is 5.92 Å². The molecule has 18 heavy (non-hydrogen) atoms. The summed E-state index contributed by atoms with van der Waals surface area (Å²) in [5.41, 5.74) is 0. The summed E-state index contributed by atoms with van der Waals surface area (Å²) in [5.74, 6) is 0.448. The molecular formula is C13H28N2O3. The molecule has 1 aliphatic rings. The molecule has 0 aromatic heterocycles. The van der Waals surface area contributed by atoms with Gasteiger partial charge >= 0.3 is 0 Å². The van der Waals surface area contributed by atoms with Crippen molar-refractivity contribution in [1.82, 2.24) is 10.2 Å². The SMILES string of the molecule is CCCNC1CCOCC1CN(CCO)CCO. The van der Waals surface area contributed by atoms with Gasteiger partial charge in [0.1, 0.15) is 0 Å². The fourth-order valence-electron chi connectivity index (χ4n) is 2.48. The van der Waals surface area contributed by atoms with E-state index in [9.17, 15) is 0 Å². The van der Waals surface area contributed by atoms with Gasteiger partial charge in [0, 0.05) is 38.2 Å². The molecule has 3 N–H and O–H groups in total. The first-order valence-corrected chi connectivity index (χ1v) is 7.07. The molecular weight excluding hydrogens is 232 g/mol. The van der Waals surface area contributed by atoms with Gasteiger partial charge < -0.3 is 20.3 Å². The van der Waals surface area contributed by atoms with Gasteiger partial charge in [0.05, 0.1) is 19.8 Å². The number of nitrogens with one attached hydrogen (secondary N) is 1. The molecule has 1 saturated heterocycles. The Bertz CT molecular complexity index is 199. The molecule has 0 bridgehead atoms. The van der Waals surface area contributed by atoms with Gasteiger partial charge in [-0.25, -0.2) is 0 Å². The van der Waals surface area contributed by atoms with E-state index in [1.54, 1.807) is 0 Å². The van der Waals surface area contributed by atoms with Crippen LogP contribution in [-0.4, -0.2) is 73.8 Å². The minimum Gasteiger partial charge on any atom is -0.395 e. The maximum absolute atomic E-state index is 9.03. The van der Waals surface area contributed by atoms with Crippen molar-refractivity contribution in [3.05, 3.63) is 0 Å². The summed E-state index contributed by atoms with van der Waals surface area (Å²) in [5, 5.41) is 21.6. The second-order valence-electron chi connectivity index (χ2n) is 4.93. The highest BCUT2D eigenvalue weighted by molar-refractivity contribution is 4.82. The lowest BCUT2D eigenvalue weighted by Gasteiger charge is -2.35. The molecule has 0 aliphatic carbocycles. The van der Waals surface area contributed by atoms with E-state index in [1.807, 2.05) is 0 Å². The molecule has 5 nitrogen and oxygen atoms in total. The molecule has 1 fully saturated rings. The van der Waals surface area contributed by atoms with Crippen molar-refractivity contribution in [1.29, 1.82) is 0 Å². The number of hydrogen-bond acceptors (Lipinski definition) is 5. The van der Waals surface area contributed by atoms with E-state index in [0.717, 1.165) is 39.1 Å². The third-order valence-electron chi connectivity index (χ3n) is 3.46. The smallest absolute Gasteiger partial charge is 0.0558 e. The largest absolute Gasteiger partial charge is 0.395 e. The monoisotopic (exact) mass is 260 g/mol. The molecule has 0 amide bonds. The van der Waals surface area contributed by atoms with Crippen molar-refractivity contribution in [3.8, 4) is 0 Å². The Hall–Kier alpha value is -0.200. The molecule has 0 radical (unpaired) electrons. The van der Waals surface area contributed by atoms with Gasteiger partial charge in [-0.2, -0.15) is 0 Å². The van der Waals surface area contributed by atoms with Gasteiger partial charge in [0.25, 0.3) is 0 Å². The fraction of sp³-hybridized carbons (Fsp3) is 1.00. The average molecular weight is 260 g/mol. The van der Waals surface area contributed by atoms with Crippen LogP contribution < -0.4 is 5.32 Å². The summed E-state index contributed by atoms with van der Waals surface area (Å²) in [6.45, 7) is 7.22. The summed E-state index contributed by atoms with van der Waals surface area (Å²) in [4.78, 5) is 2.11. The van der Waals surface area contributed by atoms with E-state index >= 15 is 0 Å². The molecule has 1 heterocycles. The highest BCUT2D eigenvalue weighted by Crippen LogP contribution is 2.16. The van der Waals surface area contributed by atoms with Crippen LogP contribution in [0.5, 0.6) is 0 Å². The minimum absolute atomic E-state index is 0.140. The van der Waals surface area contributed by atoms with Crippen LogP contribution in [0.3, 0.4) is 0 Å². The van der Waals surface area contributed by atoms with Crippen LogP contribution in [0.15, 0.2) is 0 Å². The van der Waals surface area contributed by atoms with Gasteiger partial charge in [-0.1, -0.05) is 6.92 Å². The standard InChI is InChI=1S/C13H28N2O3/c1-2-4-14-13-3-9-18-11-12(13)10-15(5-7-16)6-8-17/h12-14,16-17H,2-11H2,1H3. The second-order valence-corrected chi connectivity index (χ2v) is 4.93. The van der Waals surface area contributed by atoms with Gasteiger partial charge in [-0.05, 0) is 19.4 Å². The number of aliphatic hydroxyl groups is 2. The van der Waals surface area contributed by atoms with Crippen LogP contribution in [0.1, 0.15) is 19.8 Å². The molecule has 2 unspecified atom stereocenters. The Labute approximate surface area is 110 Å². The van der Waals surface area contributed by atoms with E-state index in [0.29, 0.717) is 25.0 Å². The molecule has 0 spiro atoms. The van der Waals surface area contributed by atoms with Crippen molar-refractivity contribution < 1.29 is 14.9 Å². The zero-order valence-electron chi connectivity index (χ0n) is 11.5. The molecule has 108 valence electrons. The van der Waals surface area contributed by atoms with Crippen molar-refractivity contribution in [2.75, 3.05) is 52.6 Å². The van der Waals surface area contributed by atoms with Gasteiger partial charge in [0.2, 0.25) is 0 Å². The Morgan fingerprint density at radius 2 is 2.00 bits per heavy atom. The Kier molecular flexibility index (Phi) is 8.54. The Morgan fingerprint density at radius 1 is 1.28 bits per heavy atom. The average Bonchev–Trinajstić information content (AvgIpc) is 2.38. The molecule has 5 heteroatoms. The summed E-state index contributed by atoms with van der Waals surface area (Å²) < 4.78 is 5.56. The number of nitrogens with zero attached hydrogens (tertiary/aromatic N) is 1. The first kappa shape index (κ1) is 15.9. The zero-order valence-corrected chi connectivity index (χ0v) is 11.5. The molecule has 0 aromatic rings. The predicted molar refractivity (Wildman–Crippen MR) is 71.6 cm³/mol. The van der Waals surface area contributed by atoms with Crippen molar-refractivity contribution in [2.45, 2.75) is 25.8 Å². The molecule has 0 aromatic carbocycles. The third kappa shape index (κ3) is 5.63. The molecule has 2 atom stereocenters. The summed E-state index contributed by atoms with van der Waals surface area (Å²) in [6.07, 6.45) is 2.19. The normalized spacial score (nSPS) is 24.7. The Balaban J connectivity index is 2.42. The zero-order chi connectivity index (χ0) is 13.2. The van der Waals surface area contributed by atoms with Crippen molar-refractivity contribution in [2.24, 2.45) is 5.92 Å². The maximum atomic E-state index is 9.03. The predicted octanol–water partition coefficient (Wildman–Crippen LogP) is -0.322. The summed E-state index contributed by atoms with van der Waals surface area (Å²) >= 11 is 0. The lowest BCUT2D eigenvalue weighted by atomic mass is 9.95. The number of rotatable bonds is 9. The van der Waals surface area contributed by atoms with E-state index in [-0.39, 0.29) is 13.2 Å². The van der Waals surface area contributed by atoms with Crippen molar-refractivity contribution in [3.63, 3.8) is 0 Å². The number of aliphatic hydroxyl groups excluding tert-OH is 2. The fourth-order valence-corrected chi connectivity index (χ4v) is 2.48. The number of ether oxygens (including phenoxy) is 1. The van der Waals surface area contributed by atoms with Crippen LogP contribution >= 0.6 is 0 Å². The third-order valence-corrected chi connectivity index (χ3v) is 3.46. The lowest BCUT2D eigenvalue weighted by molar-refractivity contribution is 0.0122.